The molecule has 0 saturated carbocycles. The first kappa shape index (κ1) is 16.6. The molecule has 0 spiro atoms. The highest BCUT2D eigenvalue weighted by Crippen LogP contribution is 2.31. The van der Waals surface area contributed by atoms with Crippen molar-refractivity contribution in [2.45, 2.75) is 6.92 Å². The summed E-state index contributed by atoms with van der Waals surface area (Å²) in [5.74, 6) is 0.0776. The molecule has 0 aromatic heterocycles. The van der Waals surface area contributed by atoms with E-state index in [4.69, 9.17) is 9.47 Å². The molecule has 0 saturated heterocycles. The molecule has 0 radical (unpaired) electrons. The zero-order chi connectivity index (χ0) is 15.9. The van der Waals surface area contributed by atoms with Crippen molar-refractivity contribution in [2.24, 2.45) is 4.99 Å². The molecule has 0 atom stereocenters. The van der Waals surface area contributed by atoms with Gasteiger partial charge in [-0.2, -0.15) is 0 Å². The van der Waals surface area contributed by atoms with Gasteiger partial charge in [-0.15, -0.1) is 11.8 Å². The zero-order valence-electron chi connectivity index (χ0n) is 12.2. The Bertz CT molecular complexity index is 640. The third kappa shape index (κ3) is 4.38. The highest BCUT2D eigenvalue weighted by atomic mass is 32.2. The maximum Gasteiger partial charge on any atom is 0.344 e. The average Bonchev–Trinajstić information content (AvgIpc) is 2.87. The maximum absolute atomic E-state index is 11.9. The van der Waals surface area contributed by atoms with E-state index >= 15 is 0 Å². The summed E-state index contributed by atoms with van der Waals surface area (Å²) in [5.41, 5.74) is 1.07. The van der Waals surface area contributed by atoms with Crippen LogP contribution in [0.5, 0.6) is 5.75 Å². The lowest BCUT2D eigenvalue weighted by Crippen LogP contribution is -2.14. The van der Waals surface area contributed by atoms with Crippen LogP contribution in [0.1, 0.15) is 12.5 Å². The zero-order valence-corrected chi connectivity index (χ0v) is 13.8. The first-order valence-electron chi connectivity index (χ1n) is 6.58. The predicted molar refractivity (Wildman–Crippen MR) is 90.1 cm³/mol. The van der Waals surface area contributed by atoms with Crippen molar-refractivity contribution in [3.05, 3.63) is 35.5 Å². The molecule has 2 rings (SSSR count). The summed E-state index contributed by atoms with van der Waals surface area (Å²) in [6, 6.07) is 7.16. The Hall–Kier alpha value is -1.73. The number of ether oxygens (including phenoxy) is 2. The quantitative estimate of drug-likeness (QED) is 0.608. The van der Waals surface area contributed by atoms with Gasteiger partial charge in [-0.25, -0.2) is 9.79 Å². The summed E-state index contributed by atoms with van der Waals surface area (Å²) < 4.78 is 11.0. The Morgan fingerprint density at radius 1 is 1.41 bits per heavy atom. The van der Waals surface area contributed by atoms with E-state index in [1.807, 2.05) is 12.3 Å². The molecule has 116 valence electrons. The van der Waals surface area contributed by atoms with E-state index < -0.39 is 5.97 Å². The van der Waals surface area contributed by atoms with Gasteiger partial charge in [-0.3, -0.25) is 4.79 Å². The van der Waals surface area contributed by atoms with E-state index in [0.29, 0.717) is 23.6 Å². The van der Waals surface area contributed by atoms with Crippen LogP contribution in [0.2, 0.25) is 0 Å². The number of para-hydroxylation sites is 1. The van der Waals surface area contributed by atoms with Crippen LogP contribution in [-0.4, -0.2) is 34.9 Å². The smallest absolute Gasteiger partial charge is 0.344 e. The van der Waals surface area contributed by atoms with Gasteiger partial charge in [-0.05, 0) is 37.1 Å². The van der Waals surface area contributed by atoms with Crippen LogP contribution in [0.25, 0.3) is 6.08 Å². The minimum absolute atomic E-state index is 0.0930. The molecular formula is C15H15NO4S2. The molecule has 0 bridgehead atoms. The summed E-state index contributed by atoms with van der Waals surface area (Å²) in [5, 5.41) is -0.0930. The number of nitrogens with zero attached hydrogens (tertiary/aromatic N) is 1. The summed E-state index contributed by atoms with van der Waals surface area (Å²) in [6.07, 6.45) is 3.54. The molecule has 7 heteroatoms. The second-order valence-corrected chi connectivity index (χ2v) is 6.15. The molecule has 0 fully saturated rings. The summed E-state index contributed by atoms with van der Waals surface area (Å²) in [7, 11) is 0. The lowest BCUT2D eigenvalue weighted by molar-refractivity contribution is -0.145. The first-order chi connectivity index (χ1) is 10.6. The Labute approximate surface area is 137 Å². The summed E-state index contributed by atoms with van der Waals surface area (Å²) >= 11 is 2.55. The fourth-order valence-electron chi connectivity index (χ4n) is 1.69. The number of carbonyl (C=O) groups is 2. The number of aliphatic imine (C=N–C) groups is 1. The third-order valence-corrected chi connectivity index (χ3v) is 4.49. The second kappa shape index (κ2) is 8.05. The van der Waals surface area contributed by atoms with E-state index in [2.05, 4.69) is 4.99 Å². The number of carbonyl (C=O) groups excluding carboxylic acids is 2. The minimum atomic E-state index is -0.430. The van der Waals surface area contributed by atoms with Crippen molar-refractivity contribution in [2.75, 3.05) is 19.5 Å². The average molecular weight is 337 g/mol. The molecule has 0 amide bonds. The number of esters is 1. The number of hydrogen-bond donors (Lipinski definition) is 0. The molecule has 5 nitrogen and oxygen atoms in total. The van der Waals surface area contributed by atoms with Crippen LogP contribution in [0.3, 0.4) is 0 Å². The van der Waals surface area contributed by atoms with E-state index in [0.717, 1.165) is 16.1 Å². The normalized spacial score (nSPS) is 15.8. The largest absolute Gasteiger partial charge is 0.481 e. The number of benzene rings is 1. The lowest BCUT2D eigenvalue weighted by atomic mass is 10.1. The van der Waals surface area contributed by atoms with Gasteiger partial charge in [0.1, 0.15) is 15.8 Å². The van der Waals surface area contributed by atoms with Crippen molar-refractivity contribution >= 4 is 45.1 Å². The minimum Gasteiger partial charge on any atom is -0.481 e. The molecular weight excluding hydrogens is 322 g/mol. The van der Waals surface area contributed by atoms with Crippen LogP contribution in [0.15, 0.2) is 35.0 Å². The lowest BCUT2D eigenvalue weighted by Gasteiger charge is -2.08. The van der Waals surface area contributed by atoms with E-state index in [1.54, 1.807) is 31.2 Å². The van der Waals surface area contributed by atoms with Gasteiger partial charge < -0.3 is 9.47 Å². The van der Waals surface area contributed by atoms with E-state index in [1.165, 1.54) is 11.8 Å². The van der Waals surface area contributed by atoms with Gasteiger partial charge in [0.25, 0.3) is 0 Å². The van der Waals surface area contributed by atoms with Crippen LogP contribution in [0, 0.1) is 0 Å². The second-order valence-electron chi connectivity index (χ2n) is 4.13. The van der Waals surface area contributed by atoms with Gasteiger partial charge in [0.2, 0.25) is 5.12 Å². The fraction of sp³-hybridized carbons (Fsp3) is 0.267. The third-order valence-electron chi connectivity index (χ3n) is 2.64. The van der Waals surface area contributed by atoms with Crippen LogP contribution in [-0.2, 0) is 14.3 Å². The molecule has 1 aliphatic heterocycles. The Balaban J connectivity index is 2.17. The van der Waals surface area contributed by atoms with Gasteiger partial charge in [-0.1, -0.05) is 18.2 Å². The van der Waals surface area contributed by atoms with Crippen LogP contribution in [0.4, 0.5) is 0 Å². The molecule has 1 aromatic carbocycles. The van der Waals surface area contributed by atoms with Crippen molar-refractivity contribution in [1.29, 1.82) is 0 Å². The number of thioether (sulfide) groups is 2. The molecule has 22 heavy (non-hydrogen) atoms. The fourth-order valence-corrected chi connectivity index (χ4v) is 2.96. The van der Waals surface area contributed by atoms with Gasteiger partial charge >= 0.3 is 5.97 Å². The molecule has 1 heterocycles. The Morgan fingerprint density at radius 2 is 2.18 bits per heavy atom. The van der Waals surface area contributed by atoms with E-state index in [-0.39, 0.29) is 11.7 Å². The SMILES string of the molecule is CCOC(=O)COc1ccccc1/C=C1/N=C(SC)SC1=O. The van der Waals surface area contributed by atoms with Gasteiger partial charge in [0.15, 0.2) is 6.61 Å². The maximum atomic E-state index is 11.9. The number of hydrogen-bond acceptors (Lipinski definition) is 7. The Kier molecular flexibility index (Phi) is 6.09. The highest BCUT2D eigenvalue weighted by molar-refractivity contribution is 8.45. The Morgan fingerprint density at radius 3 is 2.86 bits per heavy atom. The van der Waals surface area contributed by atoms with Crippen molar-refractivity contribution in [3.8, 4) is 5.75 Å². The van der Waals surface area contributed by atoms with Gasteiger partial charge in [0.05, 0.1) is 6.61 Å². The highest BCUT2D eigenvalue weighted by Gasteiger charge is 2.21. The number of rotatable bonds is 5. The van der Waals surface area contributed by atoms with Crippen molar-refractivity contribution < 1.29 is 19.1 Å². The van der Waals surface area contributed by atoms with Crippen LogP contribution < -0.4 is 4.74 Å². The molecule has 0 N–H and O–H groups in total. The molecule has 0 unspecified atom stereocenters. The predicted octanol–water partition coefficient (Wildman–Crippen LogP) is 2.96. The molecule has 1 aromatic rings. The van der Waals surface area contributed by atoms with Crippen molar-refractivity contribution in [1.82, 2.24) is 0 Å². The van der Waals surface area contributed by atoms with Crippen LogP contribution >= 0.6 is 23.5 Å². The van der Waals surface area contributed by atoms with E-state index in [9.17, 15) is 9.59 Å². The molecule has 1 aliphatic rings. The standard InChI is InChI=1S/C15H15NO4S2/c1-3-19-13(17)9-20-12-7-5-4-6-10(12)8-11-14(18)22-15(16-11)21-2/h4-8H,3,9H2,1-2H3/b11-8+. The topological polar surface area (TPSA) is 65.0 Å². The van der Waals surface area contributed by atoms with Crippen molar-refractivity contribution in [3.63, 3.8) is 0 Å². The first-order valence-corrected chi connectivity index (χ1v) is 8.62. The summed E-state index contributed by atoms with van der Waals surface area (Å²) in [6.45, 7) is 1.88. The summed E-state index contributed by atoms with van der Waals surface area (Å²) in [4.78, 5) is 27.5. The van der Waals surface area contributed by atoms with Gasteiger partial charge in [0, 0.05) is 5.56 Å². The monoisotopic (exact) mass is 337 g/mol. The molecule has 0 aliphatic carbocycles.